The van der Waals surface area contributed by atoms with E-state index >= 15 is 0 Å². The summed E-state index contributed by atoms with van der Waals surface area (Å²) in [4.78, 5) is 0. The molecule has 2 heteroatoms. The molecule has 0 saturated carbocycles. The molecule has 0 aromatic carbocycles. The normalized spacial score (nSPS) is 19.1. The Hall–Kier alpha value is 0.177. The van der Waals surface area contributed by atoms with Crippen molar-refractivity contribution in [3.63, 3.8) is 0 Å². The van der Waals surface area contributed by atoms with Gasteiger partial charge in [0, 0.05) is 6.61 Å². The maximum atomic E-state index is 6.29. The third kappa shape index (κ3) is 5.01. The Morgan fingerprint density at radius 2 is 1.50 bits per heavy atom. The lowest BCUT2D eigenvalue weighted by molar-refractivity contribution is 0.290. The summed E-state index contributed by atoms with van der Waals surface area (Å²) in [6.07, 6.45) is 11.2. The van der Waals surface area contributed by atoms with E-state index in [0.717, 1.165) is 6.61 Å². The topological polar surface area (TPSA) is 9.23 Å². The Balaban J connectivity index is 1.97. The number of hydrogen-bond donors (Lipinski definition) is 0. The first-order valence-electron chi connectivity index (χ1n) is 7.47. The van der Waals surface area contributed by atoms with Crippen molar-refractivity contribution in [3.8, 4) is 0 Å². The van der Waals surface area contributed by atoms with E-state index in [0.29, 0.717) is 0 Å². The van der Waals surface area contributed by atoms with Crippen LogP contribution in [-0.2, 0) is 4.43 Å². The van der Waals surface area contributed by atoms with Crippen LogP contribution in [0.5, 0.6) is 0 Å². The summed E-state index contributed by atoms with van der Waals surface area (Å²) in [5, 5.41) is 0. The van der Waals surface area contributed by atoms with Crippen molar-refractivity contribution in [1.29, 1.82) is 0 Å². The van der Waals surface area contributed by atoms with Gasteiger partial charge in [0.25, 0.3) is 0 Å². The van der Waals surface area contributed by atoms with E-state index in [4.69, 9.17) is 4.43 Å². The number of unbranched alkanes of at least 4 members (excludes halogenated alkanes) is 5. The van der Waals surface area contributed by atoms with Crippen molar-refractivity contribution >= 4 is 8.32 Å². The van der Waals surface area contributed by atoms with Crippen molar-refractivity contribution in [2.45, 2.75) is 83.3 Å². The summed E-state index contributed by atoms with van der Waals surface area (Å²) in [6.45, 7) is 5.69. The summed E-state index contributed by atoms with van der Waals surface area (Å²) >= 11 is 0. The molecule has 1 nitrogen and oxygen atoms in total. The predicted octanol–water partition coefficient (Wildman–Crippen LogP) is 5.12. The van der Waals surface area contributed by atoms with Gasteiger partial charge < -0.3 is 4.43 Å². The van der Waals surface area contributed by atoms with E-state index in [1.807, 2.05) is 0 Å². The smallest absolute Gasteiger partial charge is 0.192 e. The van der Waals surface area contributed by atoms with E-state index < -0.39 is 8.32 Å². The van der Waals surface area contributed by atoms with E-state index in [2.05, 4.69) is 13.8 Å². The molecule has 1 rings (SSSR count). The van der Waals surface area contributed by atoms with Gasteiger partial charge in [-0.3, -0.25) is 0 Å². The number of hydrogen-bond acceptors (Lipinski definition) is 1. The van der Waals surface area contributed by atoms with Crippen LogP contribution in [-0.4, -0.2) is 14.9 Å². The summed E-state index contributed by atoms with van der Waals surface area (Å²) < 4.78 is 6.29. The van der Waals surface area contributed by atoms with Gasteiger partial charge in [0.05, 0.1) is 0 Å². The summed E-state index contributed by atoms with van der Waals surface area (Å²) in [6, 6.07) is 4.24. The quantitative estimate of drug-likeness (QED) is 0.403. The van der Waals surface area contributed by atoms with E-state index in [1.165, 1.54) is 69.5 Å². The van der Waals surface area contributed by atoms with Gasteiger partial charge in [-0.05, 0) is 24.6 Å². The van der Waals surface area contributed by atoms with Gasteiger partial charge in [-0.25, -0.2) is 0 Å². The van der Waals surface area contributed by atoms with Crippen LogP contribution in [0.3, 0.4) is 0 Å². The largest absolute Gasteiger partial charge is 0.417 e. The summed E-state index contributed by atoms with van der Waals surface area (Å²) in [5.41, 5.74) is 0. The Morgan fingerprint density at radius 1 is 0.875 bits per heavy atom. The second kappa shape index (κ2) is 8.29. The summed E-state index contributed by atoms with van der Waals surface area (Å²) in [5.74, 6) is 0. The molecular weight excluding hydrogens is 212 g/mol. The second-order valence-electron chi connectivity index (χ2n) is 5.36. The standard InChI is InChI=1S/C14H30OSi/c1-3-5-6-7-8-9-12-15-16(4-2)13-10-11-14-16/h3-14H2,1-2H3. The van der Waals surface area contributed by atoms with Gasteiger partial charge in [0.1, 0.15) is 0 Å². The predicted molar refractivity (Wildman–Crippen MR) is 74.4 cm³/mol. The van der Waals surface area contributed by atoms with Gasteiger partial charge in [-0.15, -0.1) is 0 Å². The van der Waals surface area contributed by atoms with Crippen molar-refractivity contribution in [2.75, 3.05) is 6.61 Å². The van der Waals surface area contributed by atoms with Gasteiger partial charge in [-0.2, -0.15) is 0 Å². The van der Waals surface area contributed by atoms with E-state index in [1.54, 1.807) is 0 Å². The third-order valence-electron chi connectivity index (χ3n) is 4.07. The molecule has 1 saturated heterocycles. The Morgan fingerprint density at radius 3 is 2.12 bits per heavy atom. The van der Waals surface area contributed by atoms with Gasteiger partial charge >= 0.3 is 0 Å². The zero-order valence-corrected chi connectivity index (χ0v) is 12.4. The van der Waals surface area contributed by atoms with E-state index in [-0.39, 0.29) is 0 Å². The fourth-order valence-electron chi connectivity index (χ4n) is 2.79. The first-order valence-corrected chi connectivity index (χ1v) is 10.00. The van der Waals surface area contributed by atoms with Crippen LogP contribution in [0.25, 0.3) is 0 Å². The fraction of sp³-hybridized carbons (Fsp3) is 1.00. The molecule has 1 aliphatic heterocycles. The first-order chi connectivity index (χ1) is 7.83. The van der Waals surface area contributed by atoms with Gasteiger partial charge in [0.15, 0.2) is 8.32 Å². The van der Waals surface area contributed by atoms with Crippen LogP contribution in [0.4, 0.5) is 0 Å². The van der Waals surface area contributed by atoms with Gasteiger partial charge in [-0.1, -0.05) is 58.8 Å². The molecule has 0 aromatic heterocycles. The highest BCUT2D eigenvalue weighted by Gasteiger charge is 2.36. The molecule has 0 N–H and O–H groups in total. The highest BCUT2D eigenvalue weighted by atomic mass is 28.4. The molecule has 1 fully saturated rings. The van der Waals surface area contributed by atoms with Crippen LogP contribution in [0, 0.1) is 0 Å². The van der Waals surface area contributed by atoms with Crippen molar-refractivity contribution in [2.24, 2.45) is 0 Å². The van der Waals surface area contributed by atoms with Crippen LogP contribution in [0.1, 0.15) is 65.2 Å². The monoisotopic (exact) mass is 242 g/mol. The van der Waals surface area contributed by atoms with Gasteiger partial charge in [0.2, 0.25) is 0 Å². The molecule has 16 heavy (non-hydrogen) atoms. The molecule has 0 aliphatic carbocycles. The molecule has 0 spiro atoms. The third-order valence-corrected chi connectivity index (χ3v) is 8.70. The number of rotatable bonds is 9. The first kappa shape index (κ1) is 14.2. The molecule has 0 atom stereocenters. The molecule has 0 aromatic rings. The Labute approximate surface area is 103 Å². The van der Waals surface area contributed by atoms with Crippen molar-refractivity contribution in [1.82, 2.24) is 0 Å². The zero-order chi connectivity index (χ0) is 11.7. The zero-order valence-electron chi connectivity index (χ0n) is 11.4. The van der Waals surface area contributed by atoms with E-state index in [9.17, 15) is 0 Å². The van der Waals surface area contributed by atoms with Crippen LogP contribution < -0.4 is 0 Å². The van der Waals surface area contributed by atoms with Crippen LogP contribution in [0.2, 0.25) is 18.1 Å². The lowest BCUT2D eigenvalue weighted by Gasteiger charge is -2.25. The Kier molecular flexibility index (Phi) is 7.38. The molecule has 1 aliphatic rings. The van der Waals surface area contributed by atoms with Crippen LogP contribution >= 0.6 is 0 Å². The Bertz CT molecular complexity index is 164. The summed E-state index contributed by atoms with van der Waals surface area (Å²) in [7, 11) is -1.18. The molecular formula is C14H30OSi. The molecule has 0 amide bonds. The minimum Gasteiger partial charge on any atom is -0.417 e. The maximum absolute atomic E-state index is 6.29. The molecule has 1 heterocycles. The molecule has 0 radical (unpaired) electrons. The fourth-order valence-corrected chi connectivity index (χ4v) is 6.61. The van der Waals surface area contributed by atoms with Crippen LogP contribution in [0.15, 0.2) is 0 Å². The second-order valence-corrected chi connectivity index (χ2v) is 9.72. The maximum Gasteiger partial charge on any atom is 0.192 e. The lowest BCUT2D eigenvalue weighted by atomic mass is 10.1. The minimum atomic E-state index is -1.18. The average molecular weight is 242 g/mol. The molecule has 0 bridgehead atoms. The lowest BCUT2D eigenvalue weighted by Crippen LogP contribution is -2.33. The SMILES string of the molecule is CCCCCCCCO[Si]1(CC)CCCC1. The average Bonchev–Trinajstić information content (AvgIpc) is 2.77. The van der Waals surface area contributed by atoms with Crippen molar-refractivity contribution < 1.29 is 4.43 Å². The highest BCUT2D eigenvalue weighted by molar-refractivity contribution is 6.74. The highest BCUT2D eigenvalue weighted by Crippen LogP contribution is 2.34. The van der Waals surface area contributed by atoms with Crippen molar-refractivity contribution in [3.05, 3.63) is 0 Å². The molecule has 0 unspecified atom stereocenters. The molecule has 96 valence electrons. The minimum absolute atomic E-state index is 1.06.